The summed E-state index contributed by atoms with van der Waals surface area (Å²) in [6.07, 6.45) is 1.54. The third-order valence-electron chi connectivity index (χ3n) is 2.96. The fourth-order valence-electron chi connectivity index (χ4n) is 1.82. The van der Waals surface area contributed by atoms with Crippen LogP contribution in [0.2, 0.25) is 0 Å². The van der Waals surface area contributed by atoms with Gasteiger partial charge in [-0.25, -0.2) is 13.2 Å². The summed E-state index contributed by atoms with van der Waals surface area (Å²) in [6, 6.07) is 6.80. The Morgan fingerprint density at radius 3 is 2.64 bits per heavy atom. The van der Waals surface area contributed by atoms with Gasteiger partial charge < -0.3 is 9.84 Å². The second kappa shape index (κ2) is 6.02. The Bertz CT molecular complexity index is 818. The number of nitrogens with one attached hydrogen (secondary N) is 1. The number of hydrogen-bond donors (Lipinski definition) is 2. The van der Waals surface area contributed by atoms with Gasteiger partial charge in [0.2, 0.25) is 0 Å². The van der Waals surface area contributed by atoms with Crippen LogP contribution in [-0.4, -0.2) is 31.6 Å². The summed E-state index contributed by atoms with van der Waals surface area (Å²) in [5.74, 6) is -1.18. The van der Waals surface area contributed by atoms with Gasteiger partial charge in [-0.3, -0.25) is 9.71 Å². The molecule has 2 aromatic rings. The van der Waals surface area contributed by atoms with E-state index in [1.165, 1.54) is 19.2 Å². The van der Waals surface area contributed by atoms with Crippen molar-refractivity contribution in [1.82, 2.24) is 4.98 Å². The molecule has 1 heterocycles. The number of methoxy groups -OCH3 is 1. The van der Waals surface area contributed by atoms with E-state index in [2.05, 4.69) is 9.71 Å². The molecule has 0 aliphatic rings. The molecule has 8 heteroatoms. The van der Waals surface area contributed by atoms with Crippen LogP contribution in [0.5, 0.6) is 5.75 Å². The van der Waals surface area contributed by atoms with Gasteiger partial charge in [-0.05, 0) is 37.3 Å². The lowest BCUT2D eigenvalue weighted by atomic mass is 10.2. The highest BCUT2D eigenvalue weighted by atomic mass is 32.2. The monoisotopic (exact) mass is 322 g/mol. The minimum atomic E-state index is -3.93. The molecule has 0 unspecified atom stereocenters. The average Bonchev–Trinajstić information content (AvgIpc) is 2.48. The maximum absolute atomic E-state index is 12.4. The van der Waals surface area contributed by atoms with Gasteiger partial charge in [-0.1, -0.05) is 0 Å². The number of nitrogens with zero attached hydrogens (tertiary/aromatic N) is 1. The molecule has 0 fully saturated rings. The fraction of sp³-hybridized carbons (Fsp3) is 0.143. The number of aryl methyl sites for hydroxylation is 1. The van der Waals surface area contributed by atoms with Crippen LogP contribution in [0.1, 0.15) is 16.1 Å². The molecule has 0 atom stereocenters. The van der Waals surface area contributed by atoms with Crippen molar-refractivity contribution in [3.8, 4) is 5.75 Å². The van der Waals surface area contributed by atoms with Crippen LogP contribution in [0.4, 0.5) is 5.69 Å². The lowest BCUT2D eigenvalue weighted by Crippen LogP contribution is -2.15. The van der Waals surface area contributed by atoms with Crippen LogP contribution in [0.25, 0.3) is 0 Å². The summed E-state index contributed by atoms with van der Waals surface area (Å²) in [5.41, 5.74) is 0.613. The highest BCUT2D eigenvalue weighted by Crippen LogP contribution is 2.24. The molecule has 0 aliphatic heterocycles. The number of pyridine rings is 1. The Hall–Kier alpha value is -2.61. The van der Waals surface area contributed by atoms with Gasteiger partial charge in [0.05, 0.1) is 23.4 Å². The van der Waals surface area contributed by atoms with E-state index in [0.29, 0.717) is 11.4 Å². The molecule has 116 valence electrons. The average molecular weight is 322 g/mol. The van der Waals surface area contributed by atoms with E-state index < -0.39 is 16.0 Å². The van der Waals surface area contributed by atoms with E-state index in [1.54, 1.807) is 25.3 Å². The molecule has 7 nitrogen and oxygen atoms in total. The highest BCUT2D eigenvalue weighted by molar-refractivity contribution is 7.92. The first-order valence-corrected chi connectivity index (χ1v) is 7.69. The number of ether oxygens (including phenoxy) is 1. The van der Waals surface area contributed by atoms with E-state index in [0.717, 1.165) is 6.07 Å². The first kappa shape index (κ1) is 15.8. The van der Waals surface area contributed by atoms with Crippen molar-refractivity contribution in [3.05, 3.63) is 47.8 Å². The predicted molar refractivity (Wildman–Crippen MR) is 79.7 cm³/mol. The number of rotatable bonds is 5. The van der Waals surface area contributed by atoms with Gasteiger partial charge in [0.1, 0.15) is 11.3 Å². The molecule has 0 saturated heterocycles. The van der Waals surface area contributed by atoms with E-state index in [9.17, 15) is 13.2 Å². The first-order chi connectivity index (χ1) is 10.3. The second-order valence-electron chi connectivity index (χ2n) is 4.41. The summed E-state index contributed by atoms with van der Waals surface area (Å²) in [5, 5.41) is 9.12. The Balaban J connectivity index is 2.44. The number of carboxylic acid groups (broad SMARTS) is 1. The number of anilines is 1. The quantitative estimate of drug-likeness (QED) is 0.871. The van der Waals surface area contributed by atoms with Gasteiger partial charge in [0.15, 0.2) is 0 Å². The number of sulfonamides is 1. The third kappa shape index (κ3) is 3.17. The van der Waals surface area contributed by atoms with Crippen molar-refractivity contribution in [2.75, 3.05) is 11.8 Å². The molecule has 0 saturated carbocycles. The highest BCUT2D eigenvalue weighted by Gasteiger charge is 2.20. The molecule has 1 aromatic heterocycles. The summed E-state index contributed by atoms with van der Waals surface area (Å²) >= 11 is 0. The normalized spacial score (nSPS) is 11.0. The van der Waals surface area contributed by atoms with Gasteiger partial charge in [0.25, 0.3) is 10.0 Å². The van der Waals surface area contributed by atoms with Crippen LogP contribution in [0, 0.1) is 6.92 Å². The molecule has 0 spiro atoms. The van der Waals surface area contributed by atoms with Crippen LogP contribution >= 0.6 is 0 Å². The Kier molecular flexibility index (Phi) is 4.32. The number of hydrogen-bond acceptors (Lipinski definition) is 5. The molecule has 2 N–H and O–H groups in total. The standard InChI is InChI=1S/C14H14N2O5S/c1-9-12(4-3-7-15-9)16-22(19,20)10-5-6-13(21-2)11(8-10)14(17)18/h3-8,16H,1-2H3,(H,17,18). The van der Waals surface area contributed by atoms with Crippen molar-refractivity contribution in [1.29, 1.82) is 0 Å². The van der Waals surface area contributed by atoms with E-state index in [4.69, 9.17) is 9.84 Å². The third-order valence-corrected chi connectivity index (χ3v) is 4.33. The van der Waals surface area contributed by atoms with Crippen molar-refractivity contribution < 1.29 is 23.1 Å². The zero-order chi connectivity index (χ0) is 16.3. The van der Waals surface area contributed by atoms with Crippen molar-refractivity contribution >= 4 is 21.7 Å². The van der Waals surface area contributed by atoms with Gasteiger partial charge in [-0.2, -0.15) is 0 Å². The summed E-state index contributed by atoms with van der Waals surface area (Å²) in [6.45, 7) is 1.66. The molecular weight excluding hydrogens is 308 g/mol. The maximum Gasteiger partial charge on any atom is 0.339 e. The van der Waals surface area contributed by atoms with Gasteiger partial charge in [0, 0.05) is 6.20 Å². The topological polar surface area (TPSA) is 106 Å². The second-order valence-corrected chi connectivity index (χ2v) is 6.09. The van der Waals surface area contributed by atoms with Crippen molar-refractivity contribution in [3.63, 3.8) is 0 Å². The molecule has 0 aliphatic carbocycles. The number of benzene rings is 1. The molecule has 1 aromatic carbocycles. The molecule has 0 amide bonds. The molecule has 2 rings (SSSR count). The fourth-order valence-corrected chi connectivity index (χ4v) is 2.96. The minimum absolute atomic E-state index is 0.0870. The number of aromatic carboxylic acids is 1. The maximum atomic E-state index is 12.4. The van der Waals surface area contributed by atoms with Crippen LogP contribution in [-0.2, 0) is 10.0 Å². The van der Waals surface area contributed by atoms with Crippen LogP contribution < -0.4 is 9.46 Å². The van der Waals surface area contributed by atoms with Crippen molar-refractivity contribution in [2.45, 2.75) is 11.8 Å². The number of aromatic nitrogens is 1. The van der Waals surface area contributed by atoms with E-state index in [-0.39, 0.29) is 16.2 Å². The van der Waals surface area contributed by atoms with Crippen LogP contribution in [0.3, 0.4) is 0 Å². The van der Waals surface area contributed by atoms with E-state index >= 15 is 0 Å². The van der Waals surface area contributed by atoms with Crippen molar-refractivity contribution in [2.24, 2.45) is 0 Å². The predicted octanol–water partition coefficient (Wildman–Crippen LogP) is 1.90. The van der Waals surface area contributed by atoms with Gasteiger partial charge in [-0.15, -0.1) is 0 Å². The summed E-state index contributed by atoms with van der Waals surface area (Å²) in [4.78, 5) is 15.0. The Morgan fingerprint density at radius 1 is 1.32 bits per heavy atom. The summed E-state index contributed by atoms with van der Waals surface area (Å²) in [7, 11) is -2.61. The van der Waals surface area contributed by atoms with Crippen LogP contribution in [0.15, 0.2) is 41.4 Å². The smallest absolute Gasteiger partial charge is 0.339 e. The zero-order valence-electron chi connectivity index (χ0n) is 11.9. The molecule has 22 heavy (non-hydrogen) atoms. The molecular formula is C14H14N2O5S. The van der Waals surface area contributed by atoms with E-state index in [1.807, 2.05) is 0 Å². The zero-order valence-corrected chi connectivity index (χ0v) is 12.7. The number of carboxylic acids is 1. The number of carbonyl (C=O) groups is 1. The first-order valence-electron chi connectivity index (χ1n) is 6.21. The Labute approximate surface area is 127 Å². The largest absolute Gasteiger partial charge is 0.496 e. The van der Waals surface area contributed by atoms with Gasteiger partial charge >= 0.3 is 5.97 Å². The summed E-state index contributed by atoms with van der Waals surface area (Å²) < 4.78 is 32.0. The lowest BCUT2D eigenvalue weighted by molar-refractivity contribution is 0.0693. The lowest BCUT2D eigenvalue weighted by Gasteiger charge is -2.11. The molecule has 0 bridgehead atoms. The minimum Gasteiger partial charge on any atom is -0.496 e. The SMILES string of the molecule is COc1ccc(S(=O)(=O)Nc2cccnc2C)cc1C(=O)O. The molecule has 0 radical (unpaired) electrons. The Morgan fingerprint density at radius 2 is 2.05 bits per heavy atom.